The summed E-state index contributed by atoms with van der Waals surface area (Å²) in [6.45, 7) is 7.50. The van der Waals surface area contributed by atoms with Gasteiger partial charge in [-0.25, -0.2) is 0 Å². The zero-order valence-corrected chi connectivity index (χ0v) is 16.9. The monoisotopic (exact) mass is 374 g/mol. The molecule has 0 aromatic rings. The van der Waals surface area contributed by atoms with Crippen LogP contribution in [0, 0.1) is 23.7 Å². The van der Waals surface area contributed by atoms with Crippen molar-refractivity contribution in [1.29, 1.82) is 0 Å². The fraction of sp³-hybridized carbons (Fsp3) is 1.00. The number of hydrogen-bond acceptors (Lipinski definition) is 5. The van der Waals surface area contributed by atoms with Crippen LogP contribution in [0.5, 0.6) is 0 Å². The molecule has 0 radical (unpaired) electrons. The number of thiol groups is 1. The average Bonchev–Trinajstić information content (AvgIpc) is 3.33. The molecule has 7 atom stereocenters. The summed E-state index contributed by atoms with van der Waals surface area (Å²) < 4.78 is 17.9. The van der Waals surface area contributed by atoms with Crippen LogP contribution in [0.15, 0.2) is 0 Å². The van der Waals surface area contributed by atoms with Crippen molar-refractivity contribution in [3.63, 3.8) is 0 Å². The molecule has 3 nitrogen and oxygen atoms in total. The minimum Gasteiger partial charge on any atom is -0.378 e. The van der Waals surface area contributed by atoms with E-state index in [1.807, 2.05) is 0 Å². The van der Waals surface area contributed by atoms with Crippen molar-refractivity contribution in [3.8, 4) is 0 Å². The third kappa shape index (κ3) is 5.06. The molecule has 0 amide bonds. The van der Waals surface area contributed by atoms with Gasteiger partial charge in [0.1, 0.15) is 5.44 Å². The van der Waals surface area contributed by atoms with E-state index in [4.69, 9.17) is 14.2 Å². The van der Waals surface area contributed by atoms with Crippen LogP contribution >= 0.6 is 22.5 Å². The molecule has 0 saturated carbocycles. The highest BCUT2D eigenvalue weighted by molar-refractivity contribution is 8.68. The fourth-order valence-electron chi connectivity index (χ4n) is 4.84. The van der Waals surface area contributed by atoms with Crippen LogP contribution in [0.4, 0.5) is 0 Å². The van der Waals surface area contributed by atoms with Gasteiger partial charge in [0, 0.05) is 13.2 Å². The third-order valence-electron chi connectivity index (χ3n) is 6.26. The number of rotatable bonds is 8. The first kappa shape index (κ1) is 19.3. The Bertz CT molecular complexity index is 376. The lowest BCUT2D eigenvalue weighted by Crippen LogP contribution is -2.23. The summed E-state index contributed by atoms with van der Waals surface area (Å²) >= 11 is 4.29. The lowest BCUT2D eigenvalue weighted by atomic mass is 9.83. The fourth-order valence-corrected chi connectivity index (χ4v) is 5.78. The maximum atomic E-state index is 6.24. The number of hydrogen-bond donors (Lipinski definition) is 1. The Hall–Kier alpha value is 0.580. The molecular formula is C19H34O3S2. The molecule has 140 valence electrons. The van der Waals surface area contributed by atoms with Crippen molar-refractivity contribution in [2.75, 3.05) is 19.8 Å². The molecule has 0 aromatic heterocycles. The van der Waals surface area contributed by atoms with Gasteiger partial charge in [0.05, 0.1) is 18.8 Å². The van der Waals surface area contributed by atoms with Gasteiger partial charge in [-0.05, 0) is 62.2 Å². The summed E-state index contributed by atoms with van der Waals surface area (Å²) in [5.74, 6) is 2.78. The molecule has 3 saturated heterocycles. The van der Waals surface area contributed by atoms with Gasteiger partial charge in [-0.1, -0.05) is 31.1 Å². The summed E-state index contributed by atoms with van der Waals surface area (Å²) in [6, 6.07) is 0. The highest BCUT2D eigenvalue weighted by Crippen LogP contribution is 2.39. The van der Waals surface area contributed by atoms with E-state index in [2.05, 4.69) is 25.5 Å². The largest absolute Gasteiger partial charge is 0.378 e. The maximum absolute atomic E-state index is 6.24. The first-order valence-electron chi connectivity index (χ1n) is 9.84. The highest BCUT2D eigenvalue weighted by atomic mass is 33.1. The molecule has 5 heteroatoms. The lowest BCUT2D eigenvalue weighted by Gasteiger charge is -2.24. The Morgan fingerprint density at radius 3 is 2.50 bits per heavy atom. The summed E-state index contributed by atoms with van der Waals surface area (Å²) in [6.07, 6.45) is 9.57. The summed E-state index contributed by atoms with van der Waals surface area (Å²) in [5.41, 5.74) is 0.292. The molecule has 3 aliphatic heterocycles. The van der Waals surface area contributed by atoms with E-state index in [9.17, 15) is 0 Å². The van der Waals surface area contributed by atoms with Crippen LogP contribution < -0.4 is 0 Å². The Morgan fingerprint density at radius 1 is 1.04 bits per heavy atom. The second-order valence-electron chi connectivity index (χ2n) is 8.11. The molecule has 0 N–H and O–H groups in total. The van der Waals surface area contributed by atoms with E-state index in [1.54, 1.807) is 10.8 Å². The first-order chi connectivity index (χ1) is 11.7. The molecule has 3 heterocycles. The van der Waals surface area contributed by atoms with Gasteiger partial charge in [0.2, 0.25) is 0 Å². The minimum absolute atomic E-state index is 0.292. The van der Waals surface area contributed by atoms with E-state index in [0.29, 0.717) is 35.4 Å². The van der Waals surface area contributed by atoms with Crippen molar-refractivity contribution in [2.24, 2.45) is 23.7 Å². The van der Waals surface area contributed by atoms with Crippen LogP contribution in [0.3, 0.4) is 0 Å². The SMILES string of the molecule is CCC(CC1CO[C@H](SS)C1)[C@H]1CC(CC(C)C2CCCO2)CO1. The molecule has 24 heavy (non-hydrogen) atoms. The van der Waals surface area contributed by atoms with Crippen molar-refractivity contribution in [2.45, 2.75) is 76.4 Å². The molecule has 3 rings (SSSR count). The third-order valence-corrected chi connectivity index (χ3v) is 7.53. The highest BCUT2D eigenvalue weighted by Gasteiger charge is 2.36. The molecular weight excluding hydrogens is 340 g/mol. The second kappa shape index (κ2) is 9.50. The van der Waals surface area contributed by atoms with Crippen molar-refractivity contribution in [3.05, 3.63) is 0 Å². The molecule has 3 fully saturated rings. The van der Waals surface area contributed by atoms with Gasteiger partial charge in [-0.2, -0.15) is 0 Å². The summed E-state index contributed by atoms with van der Waals surface area (Å²) in [7, 11) is 1.55. The van der Waals surface area contributed by atoms with Gasteiger partial charge in [0.15, 0.2) is 0 Å². The minimum atomic E-state index is 0.292. The predicted octanol–water partition coefficient (Wildman–Crippen LogP) is 4.95. The molecule has 0 spiro atoms. The second-order valence-corrected chi connectivity index (χ2v) is 9.48. The molecule has 0 aliphatic carbocycles. The van der Waals surface area contributed by atoms with Crippen molar-refractivity contribution < 1.29 is 14.2 Å². The topological polar surface area (TPSA) is 27.7 Å². The van der Waals surface area contributed by atoms with Crippen LogP contribution in [0.2, 0.25) is 0 Å². The van der Waals surface area contributed by atoms with E-state index in [-0.39, 0.29) is 0 Å². The zero-order valence-electron chi connectivity index (χ0n) is 15.2. The van der Waals surface area contributed by atoms with Gasteiger partial charge in [0.25, 0.3) is 0 Å². The van der Waals surface area contributed by atoms with Gasteiger partial charge in [-0.15, -0.1) is 11.7 Å². The molecule has 3 aliphatic rings. The van der Waals surface area contributed by atoms with E-state index >= 15 is 0 Å². The maximum Gasteiger partial charge on any atom is 0.113 e. The smallest absolute Gasteiger partial charge is 0.113 e. The van der Waals surface area contributed by atoms with E-state index in [0.717, 1.165) is 32.2 Å². The van der Waals surface area contributed by atoms with Crippen LogP contribution in [-0.2, 0) is 14.2 Å². The van der Waals surface area contributed by atoms with Gasteiger partial charge < -0.3 is 14.2 Å². The van der Waals surface area contributed by atoms with Gasteiger partial charge >= 0.3 is 0 Å². The van der Waals surface area contributed by atoms with Crippen LogP contribution in [0.1, 0.15) is 58.8 Å². The van der Waals surface area contributed by atoms with Gasteiger partial charge in [-0.3, -0.25) is 0 Å². The van der Waals surface area contributed by atoms with Crippen LogP contribution in [0.25, 0.3) is 0 Å². The standard InChI is InChI=1S/C19H34O3S2/c1-3-16(8-15-10-19(24-23)22-12-15)18-9-14(11-21-18)7-13(2)17-5-4-6-20-17/h13-19,23H,3-12H2,1-2H3/t13?,14?,15?,16?,17?,18-,19-/m1/s1. The zero-order chi connectivity index (χ0) is 16.9. The summed E-state index contributed by atoms with van der Waals surface area (Å²) in [4.78, 5) is 0. The quantitative estimate of drug-likeness (QED) is 0.480. The Labute approximate surface area is 156 Å². The Balaban J connectivity index is 1.43. The lowest BCUT2D eigenvalue weighted by molar-refractivity contribution is 0.0436. The molecule has 5 unspecified atom stereocenters. The van der Waals surface area contributed by atoms with E-state index < -0.39 is 0 Å². The Morgan fingerprint density at radius 2 is 1.83 bits per heavy atom. The summed E-state index contributed by atoms with van der Waals surface area (Å²) in [5, 5.41) is 0. The average molecular weight is 375 g/mol. The first-order valence-corrected chi connectivity index (χ1v) is 11.8. The normalized spacial score (nSPS) is 39.4. The number of ether oxygens (including phenoxy) is 3. The van der Waals surface area contributed by atoms with Crippen LogP contribution in [-0.4, -0.2) is 37.5 Å². The molecule has 0 bridgehead atoms. The molecule has 0 aromatic carbocycles. The Kier molecular flexibility index (Phi) is 7.65. The van der Waals surface area contributed by atoms with E-state index in [1.165, 1.54) is 38.5 Å². The predicted molar refractivity (Wildman–Crippen MR) is 103 cm³/mol. The van der Waals surface area contributed by atoms with Crippen molar-refractivity contribution >= 4 is 22.5 Å². The van der Waals surface area contributed by atoms with Crippen molar-refractivity contribution in [1.82, 2.24) is 0 Å².